The Hall–Kier alpha value is -1.92. The van der Waals surface area contributed by atoms with Gasteiger partial charge in [-0.2, -0.15) is 0 Å². The molecule has 3 rings (SSSR count). The Morgan fingerprint density at radius 3 is 2.50 bits per heavy atom. The van der Waals surface area contributed by atoms with Crippen LogP contribution in [0.4, 0.5) is 4.39 Å². The van der Waals surface area contributed by atoms with Crippen molar-refractivity contribution >= 4 is 34.8 Å². The molecule has 0 radical (unpaired) electrons. The summed E-state index contributed by atoms with van der Waals surface area (Å²) in [5.74, 6) is -1.18. The second-order valence-corrected chi connectivity index (χ2v) is 8.33. The van der Waals surface area contributed by atoms with Crippen molar-refractivity contribution in [2.24, 2.45) is 0 Å². The maximum Gasteiger partial charge on any atom is 0.247 e. The van der Waals surface area contributed by atoms with Crippen molar-refractivity contribution in [3.63, 3.8) is 0 Å². The van der Waals surface area contributed by atoms with Crippen LogP contribution in [0.15, 0.2) is 41.8 Å². The minimum absolute atomic E-state index is 0.110. The Kier molecular flexibility index (Phi) is 7.45. The topological polar surface area (TPSA) is 49.4 Å². The largest absolute Gasteiger partial charge is 0.351 e. The van der Waals surface area contributed by atoms with Crippen LogP contribution in [0, 0.1) is 5.82 Å². The van der Waals surface area contributed by atoms with Crippen molar-refractivity contribution in [3.8, 4) is 0 Å². The highest BCUT2D eigenvalue weighted by Gasteiger charge is 2.32. The number of hydrogen-bond donors (Lipinski definition) is 1. The number of hydrogen-bond acceptors (Lipinski definition) is 3. The van der Waals surface area contributed by atoms with E-state index in [0.29, 0.717) is 5.56 Å². The second-order valence-electron chi connectivity index (χ2n) is 7.03. The van der Waals surface area contributed by atoms with E-state index in [0.717, 1.165) is 30.6 Å². The van der Waals surface area contributed by atoms with E-state index in [2.05, 4.69) is 5.32 Å². The van der Waals surface area contributed by atoms with Gasteiger partial charge in [-0.25, -0.2) is 4.39 Å². The van der Waals surface area contributed by atoms with Gasteiger partial charge in [0, 0.05) is 10.9 Å². The predicted octanol–water partition coefficient (Wildman–Crippen LogP) is 4.64. The summed E-state index contributed by atoms with van der Waals surface area (Å²) in [6.45, 7) is 0.281. The van der Waals surface area contributed by atoms with Crippen LogP contribution in [-0.4, -0.2) is 28.6 Å². The summed E-state index contributed by atoms with van der Waals surface area (Å²) in [5, 5.41) is 5.03. The van der Waals surface area contributed by atoms with E-state index in [1.54, 1.807) is 12.1 Å². The van der Waals surface area contributed by atoms with E-state index < -0.39 is 6.04 Å². The summed E-state index contributed by atoms with van der Waals surface area (Å²) >= 11 is 7.37. The number of nitrogens with one attached hydrogen (secondary N) is 1. The number of amides is 2. The SMILES string of the molecule is O=C(NC1CCCCC1)[C@@H](c1ccc(F)cc1)N(Cc1cccs1)C(=O)CCl. The standard InChI is InChI=1S/C21H24ClFN2O2S/c22-13-19(26)25(14-18-7-4-12-28-18)20(15-8-10-16(23)11-9-15)21(27)24-17-5-2-1-3-6-17/h4,7-12,17,20H,1-3,5-6,13-14H2,(H,24,27)/t20-/m1/s1. The van der Waals surface area contributed by atoms with Crippen LogP contribution >= 0.6 is 22.9 Å². The minimum atomic E-state index is -0.851. The van der Waals surface area contributed by atoms with Crippen LogP contribution in [-0.2, 0) is 16.1 Å². The molecule has 2 amide bonds. The molecule has 0 aliphatic heterocycles. The van der Waals surface area contributed by atoms with Crippen molar-refractivity contribution in [2.45, 2.75) is 50.7 Å². The van der Waals surface area contributed by atoms with E-state index in [9.17, 15) is 14.0 Å². The predicted molar refractivity (Wildman–Crippen MR) is 110 cm³/mol. The highest BCUT2D eigenvalue weighted by molar-refractivity contribution is 7.09. The van der Waals surface area contributed by atoms with Gasteiger partial charge in [-0.1, -0.05) is 37.5 Å². The highest BCUT2D eigenvalue weighted by atomic mass is 35.5. The van der Waals surface area contributed by atoms with Crippen molar-refractivity contribution in [1.82, 2.24) is 10.2 Å². The van der Waals surface area contributed by atoms with Gasteiger partial charge in [-0.15, -0.1) is 22.9 Å². The Bertz CT molecular complexity index is 776. The fourth-order valence-electron chi connectivity index (χ4n) is 3.62. The van der Waals surface area contributed by atoms with E-state index in [4.69, 9.17) is 11.6 Å². The van der Waals surface area contributed by atoms with Crippen LogP contribution < -0.4 is 5.32 Å². The van der Waals surface area contributed by atoms with Crippen molar-refractivity contribution in [1.29, 1.82) is 0 Å². The third kappa shape index (κ3) is 5.32. The van der Waals surface area contributed by atoms with Gasteiger partial charge in [0.25, 0.3) is 0 Å². The van der Waals surface area contributed by atoms with Crippen molar-refractivity contribution in [2.75, 3.05) is 5.88 Å². The average molecular weight is 423 g/mol. The third-order valence-corrected chi connectivity index (χ3v) is 6.13. The Morgan fingerprint density at radius 2 is 1.89 bits per heavy atom. The monoisotopic (exact) mass is 422 g/mol. The van der Waals surface area contributed by atoms with E-state index in [1.165, 1.54) is 34.8 Å². The molecule has 1 aromatic carbocycles. The van der Waals surface area contributed by atoms with Gasteiger partial charge in [-0.3, -0.25) is 9.59 Å². The van der Waals surface area contributed by atoms with Gasteiger partial charge in [0.2, 0.25) is 11.8 Å². The van der Waals surface area contributed by atoms with E-state index >= 15 is 0 Å². The van der Waals surface area contributed by atoms with Gasteiger partial charge in [-0.05, 0) is 42.0 Å². The summed E-state index contributed by atoms with van der Waals surface area (Å²) in [6.07, 6.45) is 5.24. The number of nitrogens with zero attached hydrogens (tertiary/aromatic N) is 1. The third-order valence-electron chi connectivity index (χ3n) is 5.04. The molecule has 1 heterocycles. The van der Waals surface area contributed by atoms with Crippen LogP contribution in [0.1, 0.15) is 48.6 Å². The lowest BCUT2D eigenvalue weighted by Crippen LogP contribution is -2.47. The van der Waals surface area contributed by atoms with Crippen molar-refractivity contribution in [3.05, 3.63) is 58.0 Å². The number of rotatable bonds is 7. The van der Waals surface area contributed by atoms with Crippen LogP contribution in [0.5, 0.6) is 0 Å². The summed E-state index contributed by atoms with van der Waals surface area (Å²) < 4.78 is 13.5. The summed E-state index contributed by atoms with van der Waals surface area (Å²) in [5.41, 5.74) is 0.574. The molecule has 1 fully saturated rings. The molecule has 0 saturated heterocycles. The highest BCUT2D eigenvalue weighted by Crippen LogP contribution is 2.27. The van der Waals surface area contributed by atoms with Gasteiger partial charge in [0.15, 0.2) is 0 Å². The number of carbonyl (C=O) groups is 2. The van der Waals surface area contributed by atoms with E-state index in [-0.39, 0.29) is 36.1 Å². The van der Waals surface area contributed by atoms with Gasteiger partial charge in [0.1, 0.15) is 17.7 Å². The molecular weight excluding hydrogens is 399 g/mol. The molecule has 1 saturated carbocycles. The first-order chi connectivity index (χ1) is 13.6. The molecule has 0 spiro atoms. The Labute approximate surface area is 173 Å². The van der Waals surface area contributed by atoms with Crippen LogP contribution in [0.25, 0.3) is 0 Å². The molecule has 150 valence electrons. The van der Waals surface area contributed by atoms with Gasteiger partial charge < -0.3 is 10.2 Å². The number of halogens is 2. The van der Waals surface area contributed by atoms with Gasteiger partial charge >= 0.3 is 0 Å². The number of thiophene rings is 1. The summed E-state index contributed by atoms with van der Waals surface area (Å²) in [4.78, 5) is 28.4. The maximum absolute atomic E-state index is 13.5. The first-order valence-electron chi connectivity index (χ1n) is 9.52. The molecule has 1 aliphatic carbocycles. The molecule has 0 unspecified atom stereocenters. The first kappa shape index (κ1) is 20.8. The first-order valence-corrected chi connectivity index (χ1v) is 10.9. The molecule has 1 atom stereocenters. The fraction of sp³-hybridized carbons (Fsp3) is 0.429. The zero-order chi connectivity index (χ0) is 19.9. The number of carbonyl (C=O) groups excluding carboxylic acids is 2. The molecule has 1 N–H and O–H groups in total. The number of benzene rings is 1. The molecular formula is C21H24ClFN2O2S. The molecule has 2 aromatic rings. The zero-order valence-electron chi connectivity index (χ0n) is 15.6. The van der Waals surface area contributed by atoms with Crippen molar-refractivity contribution < 1.29 is 14.0 Å². The lowest BCUT2D eigenvalue weighted by Gasteiger charge is -2.33. The second kappa shape index (κ2) is 10.0. The maximum atomic E-state index is 13.5. The minimum Gasteiger partial charge on any atom is -0.351 e. The Balaban J connectivity index is 1.90. The molecule has 7 heteroatoms. The quantitative estimate of drug-likeness (QED) is 0.660. The van der Waals surface area contributed by atoms with Crippen LogP contribution in [0.2, 0.25) is 0 Å². The smallest absolute Gasteiger partial charge is 0.247 e. The van der Waals surface area contributed by atoms with Crippen LogP contribution in [0.3, 0.4) is 0 Å². The molecule has 1 aromatic heterocycles. The normalized spacial score (nSPS) is 15.8. The van der Waals surface area contributed by atoms with Gasteiger partial charge in [0.05, 0.1) is 6.54 Å². The fourth-order valence-corrected chi connectivity index (χ4v) is 4.47. The lowest BCUT2D eigenvalue weighted by molar-refractivity contribution is -0.140. The van der Waals surface area contributed by atoms with E-state index in [1.807, 2.05) is 17.5 Å². The molecule has 1 aliphatic rings. The molecule has 28 heavy (non-hydrogen) atoms. The summed E-state index contributed by atoms with van der Waals surface area (Å²) in [7, 11) is 0. The Morgan fingerprint density at radius 1 is 1.18 bits per heavy atom. The molecule has 0 bridgehead atoms. The zero-order valence-corrected chi connectivity index (χ0v) is 17.1. The summed E-state index contributed by atoms with van der Waals surface area (Å²) in [6, 6.07) is 8.82. The molecule has 4 nitrogen and oxygen atoms in total. The lowest BCUT2D eigenvalue weighted by atomic mass is 9.94. The number of alkyl halides is 1. The average Bonchev–Trinajstić information content (AvgIpc) is 3.22.